The second-order valence-corrected chi connectivity index (χ2v) is 4.84. The maximum Gasteiger partial charge on any atom is 0.255 e. The van der Waals surface area contributed by atoms with Crippen LogP contribution in [0.4, 0.5) is 0 Å². The normalized spacial score (nSPS) is 10.2. The number of likely N-dealkylation sites (N-methyl/N-ethyl adjacent to an activating group) is 1. The first-order valence-electron chi connectivity index (χ1n) is 6.35. The third kappa shape index (κ3) is 4.10. The van der Waals surface area contributed by atoms with Crippen molar-refractivity contribution in [3.05, 3.63) is 53.3 Å². The van der Waals surface area contributed by atoms with Gasteiger partial charge in [-0.1, -0.05) is 23.7 Å². The number of rotatable bonds is 5. The molecule has 0 atom stereocenters. The van der Waals surface area contributed by atoms with E-state index in [0.717, 1.165) is 0 Å². The Balaban J connectivity index is 1.89. The maximum atomic E-state index is 12.1. The molecule has 0 saturated carbocycles. The molecule has 5 nitrogen and oxygen atoms in total. The maximum absolute atomic E-state index is 12.1. The first-order chi connectivity index (χ1) is 10.1. The first-order valence-corrected chi connectivity index (χ1v) is 6.72. The van der Waals surface area contributed by atoms with Crippen molar-refractivity contribution in [2.45, 2.75) is 0 Å². The highest BCUT2D eigenvalue weighted by molar-refractivity contribution is 6.32. The lowest BCUT2D eigenvalue weighted by atomic mass is 10.2. The molecule has 0 aliphatic heterocycles. The summed E-state index contributed by atoms with van der Waals surface area (Å²) in [5.41, 5.74) is 0.329. The molecule has 0 bridgehead atoms. The smallest absolute Gasteiger partial charge is 0.255 e. The Morgan fingerprint density at radius 1 is 1.38 bits per heavy atom. The SMILES string of the molecule is CN(CCOc1ccccc1Cl)C(=O)c1cncc(O)c1. The number of nitrogens with zero attached hydrogens (tertiary/aromatic N) is 2. The predicted molar refractivity (Wildman–Crippen MR) is 79.8 cm³/mol. The molecule has 110 valence electrons. The van der Waals surface area contributed by atoms with E-state index in [1.807, 2.05) is 12.1 Å². The second-order valence-electron chi connectivity index (χ2n) is 4.44. The van der Waals surface area contributed by atoms with Gasteiger partial charge in [0.15, 0.2) is 0 Å². The highest BCUT2D eigenvalue weighted by Crippen LogP contribution is 2.22. The van der Waals surface area contributed by atoms with Crippen LogP contribution in [-0.4, -0.2) is 41.1 Å². The number of pyridine rings is 1. The topological polar surface area (TPSA) is 62.7 Å². The summed E-state index contributed by atoms with van der Waals surface area (Å²) in [7, 11) is 1.66. The fraction of sp³-hybridized carbons (Fsp3) is 0.200. The van der Waals surface area contributed by atoms with Gasteiger partial charge in [0.05, 0.1) is 23.3 Å². The number of para-hydroxylation sites is 1. The summed E-state index contributed by atoms with van der Waals surface area (Å²) in [6.45, 7) is 0.706. The number of carbonyl (C=O) groups is 1. The van der Waals surface area contributed by atoms with Crippen molar-refractivity contribution in [2.75, 3.05) is 20.2 Å². The van der Waals surface area contributed by atoms with Gasteiger partial charge in [0.2, 0.25) is 0 Å². The molecule has 0 unspecified atom stereocenters. The van der Waals surface area contributed by atoms with Gasteiger partial charge in [-0.3, -0.25) is 9.78 Å². The van der Waals surface area contributed by atoms with E-state index in [2.05, 4.69) is 4.98 Å². The summed E-state index contributed by atoms with van der Waals surface area (Å²) in [4.78, 5) is 17.4. The average Bonchev–Trinajstić information content (AvgIpc) is 2.48. The molecule has 2 rings (SSSR count). The second kappa shape index (κ2) is 6.95. The highest BCUT2D eigenvalue weighted by Gasteiger charge is 2.12. The molecule has 0 spiro atoms. The molecule has 1 N–H and O–H groups in total. The Hall–Kier alpha value is -2.27. The molecule has 0 aliphatic rings. The Morgan fingerprint density at radius 2 is 2.14 bits per heavy atom. The molecule has 6 heteroatoms. The summed E-state index contributed by atoms with van der Waals surface area (Å²) in [5.74, 6) is 0.307. The molecule has 2 aromatic rings. The number of benzene rings is 1. The zero-order valence-electron chi connectivity index (χ0n) is 11.5. The van der Waals surface area contributed by atoms with Gasteiger partial charge in [-0.05, 0) is 18.2 Å². The van der Waals surface area contributed by atoms with Crippen LogP contribution < -0.4 is 4.74 Å². The van der Waals surface area contributed by atoms with E-state index in [-0.39, 0.29) is 11.7 Å². The van der Waals surface area contributed by atoms with Gasteiger partial charge in [-0.25, -0.2) is 0 Å². The minimum Gasteiger partial charge on any atom is -0.506 e. The van der Waals surface area contributed by atoms with Crippen molar-refractivity contribution >= 4 is 17.5 Å². The lowest BCUT2D eigenvalue weighted by molar-refractivity contribution is 0.0773. The minimum absolute atomic E-state index is 0.0402. The number of hydrogen-bond donors (Lipinski definition) is 1. The Bertz CT molecular complexity index is 634. The molecule has 1 heterocycles. The standard InChI is InChI=1S/C15H15ClN2O3/c1-18(15(20)11-8-12(19)10-17-9-11)6-7-21-14-5-3-2-4-13(14)16/h2-5,8-10,19H,6-7H2,1H3. The van der Waals surface area contributed by atoms with E-state index >= 15 is 0 Å². The van der Waals surface area contributed by atoms with Gasteiger partial charge >= 0.3 is 0 Å². The largest absolute Gasteiger partial charge is 0.506 e. The molecule has 1 amide bonds. The third-order valence-electron chi connectivity index (χ3n) is 2.84. The van der Waals surface area contributed by atoms with E-state index in [9.17, 15) is 9.90 Å². The lowest BCUT2D eigenvalue weighted by Gasteiger charge is -2.17. The van der Waals surface area contributed by atoms with E-state index < -0.39 is 0 Å². The van der Waals surface area contributed by atoms with Gasteiger partial charge in [-0.15, -0.1) is 0 Å². The van der Waals surface area contributed by atoms with E-state index in [1.54, 1.807) is 19.2 Å². The van der Waals surface area contributed by atoms with Gasteiger partial charge in [0.1, 0.15) is 18.1 Å². The molecule has 0 aliphatic carbocycles. The quantitative estimate of drug-likeness (QED) is 0.922. The van der Waals surface area contributed by atoms with E-state index in [1.165, 1.54) is 23.4 Å². The monoisotopic (exact) mass is 306 g/mol. The highest BCUT2D eigenvalue weighted by atomic mass is 35.5. The van der Waals surface area contributed by atoms with Crippen LogP contribution in [0.1, 0.15) is 10.4 Å². The summed E-state index contributed by atoms with van der Waals surface area (Å²) in [6.07, 6.45) is 2.69. The van der Waals surface area contributed by atoms with E-state index in [4.69, 9.17) is 16.3 Å². The van der Waals surface area contributed by atoms with Crippen LogP contribution in [0.2, 0.25) is 5.02 Å². The minimum atomic E-state index is -0.235. The molecule has 0 radical (unpaired) electrons. The molecule has 1 aromatic carbocycles. The summed E-state index contributed by atoms with van der Waals surface area (Å²) < 4.78 is 5.53. The number of ether oxygens (including phenoxy) is 1. The molecular weight excluding hydrogens is 292 g/mol. The summed E-state index contributed by atoms with van der Waals surface area (Å²) in [6, 6.07) is 8.53. The van der Waals surface area contributed by atoms with Gasteiger partial charge in [0.25, 0.3) is 5.91 Å². The Morgan fingerprint density at radius 3 is 2.86 bits per heavy atom. The van der Waals surface area contributed by atoms with Crippen LogP contribution in [0.3, 0.4) is 0 Å². The zero-order chi connectivity index (χ0) is 15.2. The number of aromatic nitrogens is 1. The van der Waals surface area contributed by atoms with Gasteiger partial charge in [-0.2, -0.15) is 0 Å². The van der Waals surface area contributed by atoms with Gasteiger partial charge in [0, 0.05) is 13.2 Å². The number of aromatic hydroxyl groups is 1. The number of halogens is 1. The molecular formula is C15H15ClN2O3. The van der Waals surface area contributed by atoms with Crippen molar-refractivity contribution in [3.63, 3.8) is 0 Å². The fourth-order valence-electron chi connectivity index (χ4n) is 1.72. The van der Waals surface area contributed by atoms with Crippen molar-refractivity contribution in [2.24, 2.45) is 0 Å². The van der Waals surface area contributed by atoms with E-state index in [0.29, 0.717) is 29.5 Å². The van der Waals surface area contributed by atoms with Crippen LogP contribution in [0.25, 0.3) is 0 Å². The van der Waals surface area contributed by atoms with Crippen LogP contribution in [-0.2, 0) is 0 Å². The summed E-state index contributed by atoms with van der Waals surface area (Å²) in [5, 5.41) is 9.86. The zero-order valence-corrected chi connectivity index (χ0v) is 12.2. The average molecular weight is 307 g/mol. The summed E-state index contributed by atoms with van der Waals surface area (Å²) >= 11 is 5.97. The van der Waals surface area contributed by atoms with Crippen molar-refractivity contribution < 1.29 is 14.6 Å². The molecule has 21 heavy (non-hydrogen) atoms. The number of hydrogen-bond acceptors (Lipinski definition) is 4. The number of carbonyl (C=O) groups excluding carboxylic acids is 1. The predicted octanol–water partition coefficient (Wildman–Crippen LogP) is 2.59. The van der Waals surface area contributed by atoms with Crippen LogP contribution in [0.5, 0.6) is 11.5 Å². The van der Waals surface area contributed by atoms with Crippen molar-refractivity contribution in [1.82, 2.24) is 9.88 Å². The third-order valence-corrected chi connectivity index (χ3v) is 3.15. The van der Waals surface area contributed by atoms with Crippen LogP contribution in [0, 0.1) is 0 Å². The molecule has 0 saturated heterocycles. The van der Waals surface area contributed by atoms with Crippen molar-refractivity contribution in [1.29, 1.82) is 0 Å². The van der Waals surface area contributed by atoms with Crippen LogP contribution >= 0.6 is 11.6 Å². The van der Waals surface area contributed by atoms with Crippen molar-refractivity contribution in [3.8, 4) is 11.5 Å². The van der Waals surface area contributed by atoms with Gasteiger partial charge < -0.3 is 14.7 Å². The fourth-order valence-corrected chi connectivity index (χ4v) is 1.91. The Labute approximate surface area is 127 Å². The Kier molecular flexibility index (Phi) is 5.00. The molecule has 1 aromatic heterocycles. The first kappa shape index (κ1) is 15.1. The van der Waals surface area contributed by atoms with Crippen LogP contribution in [0.15, 0.2) is 42.7 Å². The molecule has 0 fully saturated rings. The lowest BCUT2D eigenvalue weighted by Crippen LogP contribution is -2.30. The number of amides is 1.